The summed E-state index contributed by atoms with van der Waals surface area (Å²) in [4.78, 5) is 8.74. The van der Waals surface area contributed by atoms with Crippen LogP contribution in [-0.4, -0.2) is 45.6 Å². The minimum absolute atomic E-state index is 0. The Bertz CT molecular complexity index is 669. The fraction of sp³-hybridized carbons (Fsp3) is 0.467. The van der Waals surface area contributed by atoms with Crippen LogP contribution in [0.15, 0.2) is 18.6 Å². The van der Waals surface area contributed by atoms with E-state index in [4.69, 9.17) is 5.41 Å². The van der Waals surface area contributed by atoms with E-state index in [0.29, 0.717) is 23.2 Å². The second kappa shape index (κ2) is 7.19. The third kappa shape index (κ3) is 4.04. The maximum Gasteiger partial charge on any atom is 0.229 e. The lowest BCUT2D eigenvalue weighted by Gasteiger charge is -2.23. The molecule has 23 heavy (non-hydrogen) atoms. The van der Waals surface area contributed by atoms with Crippen molar-refractivity contribution >= 4 is 23.7 Å². The predicted molar refractivity (Wildman–Crippen MR) is 94.7 cm³/mol. The summed E-state index contributed by atoms with van der Waals surface area (Å²) in [6.07, 6.45) is 8.92. The van der Waals surface area contributed by atoms with Gasteiger partial charge in [0.25, 0.3) is 0 Å². The average molecular weight is 318 g/mol. The molecule has 0 aliphatic carbocycles. The van der Waals surface area contributed by atoms with E-state index >= 15 is 0 Å². The molecule has 8 heteroatoms. The lowest BCUT2D eigenvalue weighted by Crippen LogP contribution is -2.33. The Morgan fingerprint density at radius 1 is 1.52 bits per heavy atom. The van der Waals surface area contributed by atoms with Crippen LogP contribution in [0.1, 0.15) is 21.3 Å². The zero-order valence-electron chi connectivity index (χ0n) is 13.2. The Labute approximate surface area is 138 Å². The molecule has 126 valence electrons. The van der Waals surface area contributed by atoms with E-state index in [1.165, 1.54) is 19.1 Å². The smallest absolute Gasteiger partial charge is 0.229 e. The van der Waals surface area contributed by atoms with Gasteiger partial charge in [-0.3, -0.25) is 4.68 Å². The molecule has 1 unspecified atom stereocenters. The molecule has 0 aromatic carbocycles. The van der Waals surface area contributed by atoms with Crippen molar-refractivity contribution in [3.63, 3.8) is 0 Å². The van der Waals surface area contributed by atoms with Gasteiger partial charge in [-0.05, 0) is 31.8 Å². The summed E-state index contributed by atoms with van der Waals surface area (Å²) < 4.78 is 1.71. The quantitative estimate of drug-likeness (QED) is 0.606. The molecule has 2 aromatic rings. The van der Waals surface area contributed by atoms with Crippen LogP contribution in [0, 0.1) is 11.3 Å². The highest BCUT2D eigenvalue weighted by Crippen LogP contribution is 2.17. The molecule has 0 amide bonds. The summed E-state index contributed by atoms with van der Waals surface area (Å²) in [6, 6.07) is 0. The SMILES string of the molecule is Cn1cc(Nc2ncc(C=N)c(NCC3CCCNC3)n2)cn1.[HH].[HH]. The van der Waals surface area contributed by atoms with Gasteiger partial charge in [-0.1, -0.05) is 0 Å². The standard InChI is InChI=1S/C15H22N8.2H2/c1-23-10-13(9-20-23)21-15-19-8-12(5-16)14(22-15)18-7-11-3-2-4-17-6-11;;/h5,8-11,16-17H,2-4,6-7H2,1H3,(H2,18,19,21,22);2*1H. The van der Waals surface area contributed by atoms with E-state index in [-0.39, 0.29) is 2.85 Å². The Morgan fingerprint density at radius 3 is 3.13 bits per heavy atom. The minimum Gasteiger partial charge on any atom is -0.369 e. The number of piperidine rings is 1. The second-order valence-electron chi connectivity index (χ2n) is 5.76. The fourth-order valence-corrected chi connectivity index (χ4v) is 2.65. The molecule has 3 rings (SSSR count). The van der Waals surface area contributed by atoms with E-state index < -0.39 is 0 Å². The van der Waals surface area contributed by atoms with Gasteiger partial charge in [0.05, 0.1) is 17.4 Å². The van der Waals surface area contributed by atoms with Crippen LogP contribution in [0.2, 0.25) is 0 Å². The van der Waals surface area contributed by atoms with Gasteiger partial charge in [0.1, 0.15) is 5.82 Å². The molecule has 3 heterocycles. The summed E-state index contributed by atoms with van der Waals surface area (Å²) in [5, 5.41) is 21.5. The van der Waals surface area contributed by atoms with Gasteiger partial charge in [0, 0.05) is 35.1 Å². The Morgan fingerprint density at radius 2 is 2.43 bits per heavy atom. The molecular formula is C15H26N8. The number of aryl methyl sites for hydroxylation is 1. The number of hydrogen-bond acceptors (Lipinski definition) is 7. The van der Waals surface area contributed by atoms with Crippen molar-refractivity contribution in [1.29, 1.82) is 5.41 Å². The topological polar surface area (TPSA) is 104 Å². The van der Waals surface area contributed by atoms with Gasteiger partial charge in [-0.15, -0.1) is 0 Å². The third-order valence-electron chi connectivity index (χ3n) is 3.89. The van der Waals surface area contributed by atoms with Crippen LogP contribution >= 0.6 is 0 Å². The van der Waals surface area contributed by atoms with Gasteiger partial charge in [-0.25, -0.2) is 4.98 Å². The van der Waals surface area contributed by atoms with Crippen LogP contribution in [0.25, 0.3) is 0 Å². The van der Waals surface area contributed by atoms with Crippen molar-refractivity contribution in [3.05, 3.63) is 24.2 Å². The number of nitrogens with zero attached hydrogens (tertiary/aromatic N) is 4. The monoisotopic (exact) mass is 318 g/mol. The molecule has 1 saturated heterocycles. The molecule has 0 saturated carbocycles. The van der Waals surface area contributed by atoms with Crippen molar-refractivity contribution in [2.75, 3.05) is 30.3 Å². The van der Waals surface area contributed by atoms with E-state index in [0.717, 1.165) is 25.3 Å². The van der Waals surface area contributed by atoms with Crippen LogP contribution in [0.5, 0.6) is 0 Å². The van der Waals surface area contributed by atoms with E-state index in [1.54, 1.807) is 17.1 Å². The third-order valence-corrected chi connectivity index (χ3v) is 3.89. The molecular weight excluding hydrogens is 292 g/mol. The largest absolute Gasteiger partial charge is 0.369 e. The van der Waals surface area contributed by atoms with E-state index in [1.807, 2.05) is 13.2 Å². The van der Waals surface area contributed by atoms with Crippen molar-refractivity contribution in [1.82, 2.24) is 25.1 Å². The van der Waals surface area contributed by atoms with Gasteiger partial charge in [0.15, 0.2) is 0 Å². The first-order valence-electron chi connectivity index (χ1n) is 7.82. The molecule has 1 atom stereocenters. The molecule has 2 aromatic heterocycles. The number of anilines is 3. The molecule has 4 N–H and O–H groups in total. The Balaban J connectivity index is 0.00000156. The summed E-state index contributed by atoms with van der Waals surface area (Å²) >= 11 is 0. The molecule has 1 fully saturated rings. The lowest BCUT2D eigenvalue weighted by molar-refractivity contribution is 0.392. The Hall–Kier alpha value is -2.48. The van der Waals surface area contributed by atoms with E-state index in [9.17, 15) is 0 Å². The van der Waals surface area contributed by atoms with Crippen molar-refractivity contribution in [3.8, 4) is 0 Å². The highest BCUT2D eigenvalue weighted by molar-refractivity contribution is 5.84. The van der Waals surface area contributed by atoms with Gasteiger partial charge in [-0.2, -0.15) is 10.1 Å². The van der Waals surface area contributed by atoms with Crippen LogP contribution in [-0.2, 0) is 7.05 Å². The zero-order chi connectivity index (χ0) is 16.1. The van der Waals surface area contributed by atoms with Gasteiger partial charge in [0.2, 0.25) is 5.95 Å². The molecule has 1 aliphatic heterocycles. The highest BCUT2D eigenvalue weighted by Gasteiger charge is 2.14. The fourth-order valence-electron chi connectivity index (χ4n) is 2.65. The zero-order valence-corrected chi connectivity index (χ0v) is 13.2. The molecule has 0 radical (unpaired) electrons. The van der Waals surface area contributed by atoms with Crippen molar-refractivity contribution in [2.24, 2.45) is 13.0 Å². The van der Waals surface area contributed by atoms with Crippen LogP contribution < -0.4 is 16.0 Å². The highest BCUT2D eigenvalue weighted by atomic mass is 15.3. The molecule has 8 nitrogen and oxygen atoms in total. The molecule has 0 bridgehead atoms. The summed E-state index contributed by atoms with van der Waals surface area (Å²) in [6.45, 7) is 2.98. The van der Waals surface area contributed by atoms with Gasteiger partial charge < -0.3 is 21.4 Å². The van der Waals surface area contributed by atoms with Crippen molar-refractivity contribution in [2.45, 2.75) is 12.8 Å². The first-order valence-corrected chi connectivity index (χ1v) is 7.82. The Kier molecular flexibility index (Phi) is 4.82. The minimum atomic E-state index is 0. The normalized spacial score (nSPS) is 17.7. The number of hydrogen-bond donors (Lipinski definition) is 4. The molecule has 1 aliphatic rings. The average Bonchev–Trinajstić information content (AvgIpc) is 2.99. The van der Waals surface area contributed by atoms with Crippen molar-refractivity contribution < 1.29 is 2.85 Å². The van der Waals surface area contributed by atoms with Crippen LogP contribution in [0.4, 0.5) is 17.5 Å². The summed E-state index contributed by atoms with van der Waals surface area (Å²) in [5.74, 6) is 1.77. The number of aromatic nitrogens is 4. The predicted octanol–water partition coefficient (Wildman–Crippen LogP) is 1.85. The van der Waals surface area contributed by atoms with Gasteiger partial charge >= 0.3 is 0 Å². The molecule has 0 spiro atoms. The number of rotatable bonds is 6. The maximum atomic E-state index is 7.51. The summed E-state index contributed by atoms with van der Waals surface area (Å²) in [5.41, 5.74) is 1.52. The first-order chi connectivity index (χ1) is 11.2. The second-order valence-corrected chi connectivity index (χ2v) is 5.76. The van der Waals surface area contributed by atoms with Crippen LogP contribution in [0.3, 0.4) is 0 Å². The van der Waals surface area contributed by atoms with E-state index in [2.05, 4.69) is 31.0 Å². The lowest BCUT2D eigenvalue weighted by atomic mass is 10.00. The summed E-state index contributed by atoms with van der Waals surface area (Å²) in [7, 11) is 1.86. The number of nitrogens with one attached hydrogen (secondary N) is 4. The first kappa shape index (κ1) is 15.4. The maximum absolute atomic E-state index is 7.51.